The van der Waals surface area contributed by atoms with Crippen LogP contribution in [0.2, 0.25) is 0 Å². The van der Waals surface area contributed by atoms with E-state index in [1.54, 1.807) is 13.8 Å². The molecule has 4 aromatic carbocycles. The fourth-order valence-corrected chi connectivity index (χ4v) is 5.57. The van der Waals surface area contributed by atoms with Crippen LogP contribution < -0.4 is 0 Å². The maximum atomic E-state index is 13.8. The lowest BCUT2D eigenvalue weighted by molar-refractivity contribution is 0.472. The molecule has 2 N–H and O–H groups in total. The number of aromatic hydroxyl groups is 2. The maximum Gasteiger partial charge on any atom is 0.207 e. The summed E-state index contributed by atoms with van der Waals surface area (Å²) >= 11 is 0. The Bertz CT molecular complexity index is 1340. The normalized spacial score (nSPS) is 11.4. The van der Waals surface area contributed by atoms with Gasteiger partial charge in [0.2, 0.25) is 9.84 Å². The van der Waals surface area contributed by atoms with Crippen LogP contribution in [-0.2, 0) is 9.84 Å². The van der Waals surface area contributed by atoms with E-state index in [-0.39, 0.29) is 21.3 Å². The van der Waals surface area contributed by atoms with Crippen LogP contribution in [0.15, 0.2) is 94.7 Å². The largest absolute Gasteiger partial charge is 0.508 e. The summed E-state index contributed by atoms with van der Waals surface area (Å²) in [5.41, 5.74) is 3.36. The third kappa shape index (κ3) is 3.57. The van der Waals surface area contributed by atoms with Gasteiger partial charge in [0.05, 0.1) is 9.79 Å². The summed E-state index contributed by atoms with van der Waals surface area (Å²) in [5.74, 6) is 0.0537. The number of hydrogen-bond acceptors (Lipinski definition) is 4. The zero-order valence-electron chi connectivity index (χ0n) is 17.2. The Balaban J connectivity index is 2.18. The van der Waals surface area contributed by atoms with Crippen LogP contribution in [-0.4, -0.2) is 18.6 Å². The van der Waals surface area contributed by atoms with Crippen molar-refractivity contribution in [3.05, 3.63) is 96.1 Å². The van der Waals surface area contributed by atoms with E-state index in [0.29, 0.717) is 27.8 Å². The molecule has 0 aromatic heterocycles. The molecule has 0 radical (unpaired) electrons. The third-order valence-electron chi connectivity index (χ3n) is 5.51. The van der Waals surface area contributed by atoms with Gasteiger partial charge in [0.25, 0.3) is 0 Å². The molecule has 0 bridgehead atoms. The summed E-state index contributed by atoms with van der Waals surface area (Å²) in [4.78, 5) is 0.230. The zero-order chi connectivity index (χ0) is 22.2. The molecule has 0 saturated heterocycles. The first kappa shape index (κ1) is 20.7. The fraction of sp³-hybridized carbons (Fsp3) is 0.0769. The van der Waals surface area contributed by atoms with E-state index < -0.39 is 9.84 Å². The van der Waals surface area contributed by atoms with Crippen molar-refractivity contribution < 1.29 is 18.6 Å². The molecule has 4 rings (SSSR count). The van der Waals surface area contributed by atoms with E-state index in [0.717, 1.165) is 5.56 Å². The molecule has 156 valence electrons. The molecule has 0 aliphatic rings. The minimum Gasteiger partial charge on any atom is -0.508 e. The van der Waals surface area contributed by atoms with Gasteiger partial charge in [-0.05, 0) is 60.4 Å². The average molecular weight is 431 g/mol. The second kappa shape index (κ2) is 7.93. The molecule has 0 fully saturated rings. The molecule has 4 aromatic rings. The number of benzene rings is 4. The van der Waals surface area contributed by atoms with Gasteiger partial charge in [-0.25, -0.2) is 8.42 Å². The summed E-state index contributed by atoms with van der Waals surface area (Å²) in [7, 11) is -3.96. The topological polar surface area (TPSA) is 74.6 Å². The van der Waals surface area contributed by atoms with Crippen molar-refractivity contribution in [3.8, 4) is 33.8 Å². The summed E-state index contributed by atoms with van der Waals surface area (Å²) in [6, 6.07) is 24.0. The first-order valence-corrected chi connectivity index (χ1v) is 11.3. The van der Waals surface area contributed by atoms with E-state index in [1.807, 2.05) is 60.7 Å². The quantitative estimate of drug-likeness (QED) is 0.424. The highest BCUT2D eigenvalue weighted by atomic mass is 32.2. The highest BCUT2D eigenvalue weighted by Gasteiger charge is 2.30. The highest BCUT2D eigenvalue weighted by Crippen LogP contribution is 2.47. The lowest BCUT2D eigenvalue weighted by Crippen LogP contribution is -2.09. The van der Waals surface area contributed by atoms with Crippen LogP contribution >= 0.6 is 0 Å². The smallest absolute Gasteiger partial charge is 0.207 e. The van der Waals surface area contributed by atoms with Crippen molar-refractivity contribution >= 4 is 9.84 Å². The van der Waals surface area contributed by atoms with Crippen LogP contribution in [0.5, 0.6) is 11.5 Å². The molecule has 0 aliphatic carbocycles. The van der Waals surface area contributed by atoms with Gasteiger partial charge < -0.3 is 10.2 Å². The molecule has 5 heteroatoms. The molecule has 0 spiro atoms. The van der Waals surface area contributed by atoms with Crippen LogP contribution in [0.3, 0.4) is 0 Å². The van der Waals surface area contributed by atoms with Crippen molar-refractivity contribution in [2.24, 2.45) is 0 Å². The predicted molar refractivity (Wildman–Crippen MR) is 122 cm³/mol. The lowest BCUT2D eigenvalue weighted by atomic mass is 9.89. The molecule has 0 unspecified atom stereocenters. The van der Waals surface area contributed by atoms with Gasteiger partial charge in [-0.1, -0.05) is 60.7 Å². The summed E-state index contributed by atoms with van der Waals surface area (Å²) in [5, 5.41) is 20.8. The molecule has 0 heterocycles. The lowest BCUT2D eigenvalue weighted by Gasteiger charge is -2.22. The highest BCUT2D eigenvalue weighted by molar-refractivity contribution is 7.91. The first-order valence-electron chi connectivity index (χ1n) is 9.83. The van der Waals surface area contributed by atoms with Crippen molar-refractivity contribution in [1.82, 2.24) is 0 Å². The minimum atomic E-state index is -3.96. The van der Waals surface area contributed by atoms with E-state index in [9.17, 15) is 18.6 Å². The Labute approximate surface area is 182 Å². The van der Waals surface area contributed by atoms with Crippen LogP contribution in [0, 0.1) is 13.8 Å². The van der Waals surface area contributed by atoms with Crippen LogP contribution in [0.25, 0.3) is 22.3 Å². The Kier molecular flexibility index (Phi) is 5.29. The molecular formula is C26H22O4S. The third-order valence-corrected chi connectivity index (χ3v) is 7.45. The molecular weight excluding hydrogens is 408 g/mol. The Morgan fingerprint density at radius 2 is 1.10 bits per heavy atom. The second-order valence-corrected chi connectivity index (χ2v) is 9.29. The van der Waals surface area contributed by atoms with Gasteiger partial charge in [0.15, 0.2) is 0 Å². The van der Waals surface area contributed by atoms with Gasteiger partial charge in [-0.15, -0.1) is 0 Å². The minimum absolute atomic E-state index is 0.00850. The van der Waals surface area contributed by atoms with E-state index in [2.05, 4.69) is 0 Å². The number of phenols is 2. The van der Waals surface area contributed by atoms with Gasteiger partial charge in [0.1, 0.15) is 11.5 Å². The molecule has 4 nitrogen and oxygen atoms in total. The maximum absolute atomic E-state index is 13.8. The molecule has 0 atom stereocenters. The average Bonchev–Trinajstić information content (AvgIpc) is 2.78. The summed E-state index contributed by atoms with van der Waals surface area (Å²) in [6.45, 7) is 3.44. The second-order valence-electron chi connectivity index (χ2n) is 7.41. The number of sulfone groups is 1. The van der Waals surface area contributed by atoms with Gasteiger partial charge in [-0.3, -0.25) is 0 Å². The van der Waals surface area contributed by atoms with Crippen molar-refractivity contribution in [3.63, 3.8) is 0 Å². The van der Waals surface area contributed by atoms with Crippen molar-refractivity contribution in [2.75, 3.05) is 0 Å². The zero-order valence-corrected chi connectivity index (χ0v) is 18.0. The standard InChI is InChI=1S/C26H22O4S/c1-17-18(2)26(31(29,30)22-15-13-21(27)14-16-22)24(20-11-7-4-8-12-20)23(25(17)28)19-9-5-3-6-10-19/h3-16,27-28H,1-2H3. The van der Waals surface area contributed by atoms with Gasteiger partial charge in [0, 0.05) is 11.1 Å². The van der Waals surface area contributed by atoms with Crippen molar-refractivity contribution in [1.29, 1.82) is 0 Å². The first-order chi connectivity index (χ1) is 14.8. The Hall–Kier alpha value is -3.57. The molecule has 31 heavy (non-hydrogen) atoms. The number of hydrogen-bond donors (Lipinski definition) is 2. The van der Waals surface area contributed by atoms with Crippen LogP contribution in [0.4, 0.5) is 0 Å². The monoisotopic (exact) mass is 430 g/mol. The molecule has 0 aliphatic heterocycles. The van der Waals surface area contributed by atoms with Gasteiger partial charge in [-0.2, -0.15) is 0 Å². The van der Waals surface area contributed by atoms with Crippen LogP contribution in [0.1, 0.15) is 11.1 Å². The fourth-order valence-electron chi connectivity index (χ4n) is 3.80. The molecule has 0 amide bonds. The molecule has 0 saturated carbocycles. The number of phenolic OH excluding ortho intramolecular Hbond substituents is 2. The Morgan fingerprint density at radius 3 is 1.61 bits per heavy atom. The van der Waals surface area contributed by atoms with E-state index in [4.69, 9.17) is 0 Å². The van der Waals surface area contributed by atoms with E-state index >= 15 is 0 Å². The predicted octanol–water partition coefficient (Wildman–Crippen LogP) is 5.88. The SMILES string of the molecule is Cc1c(C)c(S(=O)(=O)c2ccc(O)cc2)c(-c2ccccc2)c(-c2ccccc2)c1O. The summed E-state index contributed by atoms with van der Waals surface area (Å²) < 4.78 is 27.7. The van der Waals surface area contributed by atoms with E-state index in [1.165, 1.54) is 24.3 Å². The summed E-state index contributed by atoms with van der Waals surface area (Å²) in [6.07, 6.45) is 0. The van der Waals surface area contributed by atoms with Gasteiger partial charge >= 0.3 is 0 Å². The van der Waals surface area contributed by atoms with Crippen molar-refractivity contribution in [2.45, 2.75) is 23.6 Å². The Morgan fingerprint density at radius 1 is 0.613 bits per heavy atom. The number of rotatable bonds is 4.